The Kier molecular flexibility index (Phi) is 4.65. The summed E-state index contributed by atoms with van der Waals surface area (Å²) in [5.74, 6) is 0.802. The van der Waals surface area contributed by atoms with Crippen molar-refractivity contribution in [1.82, 2.24) is 9.88 Å². The first-order valence-electron chi connectivity index (χ1n) is 5.90. The molecule has 0 atom stereocenters. The molecule has 0 radical (unpaired) electrons. The smallest absolute Gasteiger partial charge is 0.150 e. The lowest BCUT2D eigenvalue weighted by Gasteiger charge is -2.17. The lowest BCUT2D eigenvalue weighted by molar-refractivity contribution is 0.112. The predicted octanol–water partition coefficient (Wildman–Crippen LogP) is 2.60. The van der Waals surface area contributed by atoms with Crippen molar-refractivity contribution in [2.75, 3.05) is 14.2 Å². The van der Waals surface area contributed by atoms with Crippen LogP contribution in [-0.2, 0) is 13.1 Å². The molecular formula is C14H16N2O2S. The molecule has 0 bridgehead atoms. The number of thiazole rings is 1. The standard InChI is InChI=1S/C14H16N2O2S/c1-16(7-13-9-19-10-15-13)6-12-5-11(8-17)3-4-14(12)18-2/h3-5,8-10H,6-7H2,1-2H3. The Morgan fingerprint density at radius 2 is 2.26 bits per heavy atom. The Morgan fingerprint density at radius 1 is 1.42 bits per heavy atom. The molecule has 0 aliphatic heterocycles. The summed E-state index contributed by atoms with van der Waals surface area (Å²) in [6, 6.07) is 5.45. The average molecular weight is 276 g/mol. The number of hydrogen-bond donors (Lipinski definition) is 0. The van der Waals surface area contributed by atoms with Crippen molar-refractivity contribution in [3.8, 4) is 5.75 Å². The summed E-state index contributed by atoms with van der Waals surface area (Å²) in [5.41, 5.74) is 4.55. The summed E-state index contributed by atoms with van der Waals surface area (Å²) < 4.78 is 5.32. The zero-order valence-electron chi connectivity index (χ0n) is 11.0. The summed E-state index contributed by atoms with van der Waals surface area (Å²) in [5, 5.41) is 2.04. The fraction of sp³-hybridized carbons (Fsp3) is 0.286. The van der Waals surface area contributed by atoms with E-state index < -0.39 is 0 Å². The molecule has 0 N–H and O–H groups in total. The molecule has 0 amide bonds. The highest BCUT2D eigenvalue weighted by Crippen LogP contribution is 2.21. The van der Waals surface area contributed by atoms with Gasteiger partial charge in [-0.05, 0) is 25.2 Å². The molecular weight excluding hydrogens is 260 g/mol. The molecule has 0 aliphatic carbocycles. The van der Waals surface area contributed by atoms with Gasteiger partial charge in [-0.3, -0.25) is 9.69 Å². The molecule has 2 aromatic rings. The lowest BCUT2D eigenvalue weighted by Crippen LogP contribution is -2.18. The van der Waals surface area contributed by atoms with Gasteiger partial charge in [0, 0.05) is 29.6 Å². The second-order valence-corrected chi connectivity index (χ2v) is 5.06. The highest BCUT2D eigenvalue weighted by molar-refractivity contribution is 7.07. The summed E-state index contributed by atoms with van der Waals surface area (Å²) in [4.78, 5) is 17.2. The van der Waals surface area contributed by atoms with E-state index in [0.717, 1.165) is 29.8 Å². The molecule has 1 heterocycles. The number of nitrogens with zero attached hydrogens (tertiary/aromatic N) is 2. The SMILES string of the molecule is COc1ccc(C=O)cc1CN(C)Cc1cscn1. The molecule has 100 valence electrons. The van der Waals surface area contributed by atoms with Gasteiger partial charge in [-0.25, -0.2) is 4.98 Å². The maximum atomic E-state index is 10.8. The molecule has 1 aromatic carbocycles. The van der Waals surface area contributed by atoms with Crippen molar-refractivity contribution < 1.29 is 9.53 Å². The number of aromatic nitrogens is 1. The van der Waals surface area contributed by atoms with Gasteiger partial charge in [0.2, 0.25) is 0 Å². The molecule has 5 heteroatoms. The third kappa shape index (κ3) is 3.62. The Balaban J connectivity index is 2.10. The van der Waals surface area contributed by atoms with Gasteiger partial charge in [-0.15, -0.1) is 11.3 Å². The van der Waals surface area contributed by atoms with E-state index in [1.807, 2.05) is 30.1 Å². The van der Waals surface area contributed by atoms with E-state index >= 15 is 0 Å². The first-order chi connectivity index (χ1) is 9.22. The number of aldehydes is 1. The third-order valence-corrected chi connectivity index (χ3v) is 3.43. The number of hydrogen-bond acceptors (Lipinski definition) is 5. The number of benzene rings is 1. The molecule has 0 saturated heterocycles. The van der Waals surface area contributed by atoms with Gasteiger partial charge in [0.1, 0.15) is 12.0 Å². The summed E-state index contributed by atoms with van der Waals surface area (Å²) >= 11 is 1.59. The van der Waals surface area contributed by atoms with E-state index in [-0.39, 0.29) is 0 Å². The lowest BCUT2D eigenvalue weighted by atomic mass is 10.1. The molecule has 4 nitrogen and oxygen atoms in total. The van der Waals surface area contributed by atoms with Gasteiger partial charge >= 0.3 is 0 Å². The topological polar surface area (TPSA) is 42.4 Å². The van der Waals surface area contributed by atoms with Crippen LogP contribution in [0.2, 0.25) is 0 Å². The van der Waals surface area contributed by atoms with Gasteiger partial charge in [0.15, 0.2) is 0 Å². The van der Waals surface area contributed by atoms with Crippen molar-refractivity contribution in [2.24, 2.45) is 0 Å². The first-order valence-corrected chi connectivity index (χ1v) is 6.85. The highest BCUT2D eigenvalue weighted by atomic mass is 32.1. The maximum absolute atomic E-state index is 10.8. The van der Waals surface area contributed by atoms with Gasteiger partial charge in [-0.2, -0.15) is 0 Å². The van der Waals surface area contributed by atoms with Crippen LogP contribution in [0.3, 0.4) is 0 Å². The Labute approximate surface area is 116 Å². The number of carbonyl (C=O) groups excluding carboxylic acids is 1. The quantitative estimate of drug-likeness (QED) is 0.761. The minimum atomic E-state index is 0.665. The normalized spacial score (nSPS) is 10.7. The second kappa shape index (κ2) is 6.45. The van der Waals surface area contributed by atoms with Crippen LogP contribution in [0.25, 0.3) is 0 Å². The molecule has 2 rings (SSSR count). The van der Waals surface area contributed by atoms with Crippen LogP contribution >= 0.6 is 11.3 Å². The van der Waals surface area contributed by atoms with E-state index in [0.29, 0.717) is 12.1 Å². The van der Waals surface area contributed by atoms with Crippen LogP contribution < -0.4 is 4.74 Å². The van der Waals surface area contributed by atoms with Gasteiger partial charge in [-0.1, -0.05) is 0 Å². The van der Waals surface area contributed by atoms with Gasteiger partial charge in [0.25, 0.3) is 0 Å². The van der Waals surface area contributed by atoms with Crippen LogP contribution in [0.5, 0.6) is 5.75 Å². The Bertz CT molecular complexity index is 540. The van der Waals surface area contributed by atoms with Crippen LogP contribution in [0.1, 0.15) is 21.6 Å². The zero-order valence-corrected chi connectivity index (χ0v) is 11.8. The second-order valence-electron chi connectivity index (χ2n) is 4.34. The van der Waals surface area contributed by atoms with Crippen LogP contribution in [0.4, 0.5) is 0 Å². The Morgan fingerprint density at radius 3 is 2.89 bits per heavy atom. The number of carbonyl (C=O) groups is 1. The van der Waals surface area contributed by atoms with Gasteiger partial charge in [0.05, 0.1) is 18.3 Å². The van der Waals surface area contributed by atoms with Crippen LogP contribution in [0, 0.1) is 0 Å². The average Bonchev–Trinajstić information content (AvgIpc) is 2.91. The van der Waals surface area contributed by atoms with E-state index in [2.05, 4.69) is 9.88 Å². The van der Waals surface area contributed by atoms with Crippen molar-refractivity contribution >= 4 is 17.6 Å². The van der Waals surface area contributed by atoms with Crippen LogP contribution in [-0.4, -0.2) is 30.3 Å². The number of ether oxygens (including phenoxy) is 1. The molecule has 0 spiro atoms. The van der Waals surface area contributed by atoms with Crippen molar-refractivity contribution in [1.29, 1.82) is 0 Å². The maximum Gasteiger partial charge on any atom is 0.150 e. The molecule has 0 aliphatic rings. The largest absolute Gasteiger partial charge is 0.496 e. The molecule has 0 fully saturated rings. The first kappa shape index (κ1) is 13.7. The fourth-order valence-electron chi connectivity index (χ4n) is 1.93. The molecule has 19 heavy (non-hydrogen) atoms. The molecule has 1 aromatic heterocycles. The summed E-state index contributed by atoms with van der Waals surface area (Å²) in [6.07, 6.45) is 0.851. The Hall–Kier alpha value is -1.72. The van der Waals surface area contributed by atoms with Crippen LogP contribution in [0.15, 0.2) is 29.1 Å². The van der Waals surface area contributed by atoms with Gasteiger partial charge < -0.3 is 4.74 Å². The highest BCUT2D eigenvalue weighted by Gasteiger charge is 2.08. The van der Waals surface area contributed by atoms with Crippen molar-refractivity contribution in [2.45, 2.75) is 13.1 Å². The van der Waals surface area contributed by atoms with Crippen molar-refractivity contribution in [3.05, 3.63) is 45.9 Å². The monoisotopic (exact) mass is 276 g/mol. The number of methoxy groups -OCH3 is 1. The summed E-state index contributed by atoms with van der Waals surface area (Å²) in [6.45, 7) is 1.49. The molecule has 0 unspecified atom stereocenters. The molecule has 0 saturated carbocycles. The third-order valence-electron chi connectivity index (χ3n) is 2.80. The van der Waals surface area contributed by atoms with E-state index in [9.17, 15) is 4.79 Å². The zero-order chi connectivity index (χ0) is 13.7. The minimum absolute atomic E-state index is 0.665. The number of rotatable bonds is 6. The van der Waals surface area contributed by atoms with Crippen molar-refractivity contribution in [3.63, 3.8) is 0 Å². The van der Waals surface area contributed by atoms with E-state index in [1.54, 1.807) is 24.5 Å². The minimum Gasteiger partial charge on any atom is -0.496 e. The fourth-order valence-corrected chi connectivity index (χ4v) is 2.48. The summed E-state index contributed by atoms with van der Waals surface area (Å²) in [7, 11) is 3.66. The van der Waals surface area contributed by atoms with E-state index in [1.165, 1.54) is 0 Å². The predicted molar refractivity (Wildman–Crippen MR) is 75.7 cm³/mol. The van der Waals surface area contributed by atoms with E-state index in [4.69, 9.17) is 4.74 Å².